The predicted octanol–water partition coefficient (Wildman–Crippen LogP) is 3.05. The summed E-state index contributed by atoms with van der Waals surface area (Å²) in [5, 5.41) is 0. The lowest BCUT2D eigenvalue weighted by Gasteiger charge is -2.22. The van der Waals surface area contributed by atoms with Crippen LogP contribution in [0.2, 0.25) is 0 Å². The average Bonchev–Trinajstić information content (AvgIpc) is 2.65. The first-order valence-corrected chi connectivity index (χ1v) is 8.72. The molecule has 1 aromatic rings. The maximum absolute atomic E-state index is 12.3. The molecule has 0 heterocycles. The van der Waals surface area contributed by atoms with Crippen LogP contribution in [0.25, 0.3) is 0 Å². The molecular weight excluding hydrogens is 322 g/mol. The van der Waals surface area contributed by atoms with E-state index in [1.807, 2.05) is 24.3 Å². The Morgan fingerprint density at radius 3 is 2.24 bits per heavy atom. The molecular formula is C19H29NO5. The van der Waals surface area contributed by atoms with Gasteiger partial charge >= 0.3 is 5.97 Å². The van der Waals surface area contributed by atoms with E-state index in [0.29, 0.717) is 32.5 Å². The maximum atomic E-state index is 12.3. The quantitative estimate of drug-likeness (QED) is 0.428. The highest BCUT2D eigenvalue weighted by atomic mass is 16.5. The molecule has 1 aromatic carbocycles. The first kappa shape index (κ1) is 20.8. The van der Waals surface area contributed by atoms with E-state index in [0.717, 1.165) is 24.3 Å². The van der Waals surface area contributed by atoms with E-state index in [-0.39, 0.29) is 18.3 Å². The van der Waals surface area contributed by atoms with Gasteiger partial charge in [0.2, 0.25) is 5.91 Å². The van der Waals surface area contributed by atoms with Crippen LogP contribution >= 0.6 is 0 Å². The van der Waals surface area contributed by atoms with Crippen LogP contribution in [0.4, 0.5) is 0 Å². The summed E-state index contributed by atoms with van der Waals surface area (Å²) in [5.41, 5.74) is 0. The Hall–Kier alpha value is -2.24. The highest BCUT2D eigenvalue weighted by molar-refractivity contribution is 5.77. The van der Waals surface area contributed by atoms with Crippen molar-refractivity contribution < 1.29 is 23.8 Å². The van der Waals surface area contributed by atoms with Gasteiger partial charge in [0.05, 0.1) is 27.2 Å². The van der Waals surface area contributed by atoms with Crippen molar-refractivity contribution in [2.45, 2.75) is 39.0 Å². The zero-order chi connectivity index (χ0) is 18.5. The lowest BCUT2D eigenvalue weighted by molar-refractivity contribution is -0.141. The van der Waals surface area contributed by atoms with E-state index < -0.39 is 0 Å². The van der Waals surface area contributed by atoms with Gasteiger partial charge in [-0.2, -0.15) is 0 Å². The van der Waals surface area contributed by atoms with Crippen LogP contribution in [-0.4, -0.2) is 50.7 Å². The fraction of sp³-hybridized carbons (Fsp3) is 0.579. The monoisotopic (exact) mass is 351 g/mol. The van der Waals surface area contributed by atoms with Crippen LogP contribution < -0.4 is 9.47 Å². The van der Waals surface area contributed by atoms with Crippen molar-refractivity contribution in [1.29, 1.82) is 0 Å². The molecule has 1 rings (SSSR count). The molecule has 0 aliphatic rings. The number of hydrogen-bond donors (Lipinski definition) is 0. The Kier molecular flexibility index (Phi) is 10.1. The number of esters is 1. The zero-order valence-electron chi connectivity index (χ0n) is 15.5. The molecule has 0 aliphatic carbocycles. The number of methoxy groups -OCH3 is 2. The number of rotatable bonds is 12. The number of nitrogens with zero attached hydrogens (tertiary/aromatic N) is 1. The van der Waals surface area contributed by atoms with Crippen molar-refractivity contribution in [1.82, 2.24) is 4.90 Å². The molecule has 0 spiro atoms. The van der Waals surface area contributed by atoms with Crippen molar-refractivity contribution in [3.63, 3.8) is 0 Å². The van der Waals surface area contributed by atoms with E-state index in [4.69, 9.17) is 9.47 Å². The van der Waals surface area contributed by atoms with Gasteiger partial charge in [0.25, 0.3) is 0 Å². The number of hydrogen-bond acceptors (Lipinski definition) is 5. The number of carbonyl (C=O) groups excluding carboxylic acids is 2. The predicted molar refractivity (Wildman–Crippen MR) is 95.8 cm³/mol. The van der Waals surface area contributed by atoms with Gasteiger partial charge in [0.15, 0.2) is 0 Å². The molecule has 1 amide bonds. The van der Waals surface area contributed by atoms with Crippen molar-refractivity contribution in [3.05, 3.63) is 24.3 Å². The van der Waals surface area contributed by atoms with Crippen molar-refractivity contribution in [2.24, 2.45) is 0 Å². The second-order valence-electron chi connectivity index (χ2n) is 5.69. The van der Waals surface area contributed by atoms with Gasteiger partial charge in [-0.1, -0.05) is 13.3 Å². The molecule has 0 N–H and O–H groups in total. The molecule has 0 saturated heterocycles. The van der Waals surface area contributed by atoms with Crippen LogP contribution in [0.5, 0.6) is 11.5 Å². The molecule has 25 heavy (non-hydrogen) atoms. The van der Waals surface area contributed by atoms with Gasteiger partial charge < -0.3 is 19.1 Å². The lowest BCUT2D eigenvalue weighted by Crippen LogP contribution is -2.34. The molecule has 0 bridgehead atoms. The molecule has 0 saturated carbocycles. The minimum Gasteiger partial charge on any atom is -0.497 e. The van der Waals surface area contributed by atoms with Crippen molar-refractivity contribution in [3.8, 4) is 11.5 Å². The molecule has 6 heteroatoms. The first-order chi connectivity index (χ1) is 12.1. The summed E-state index contributed by atoms with van der Waals surface area (Å²) >= 11 is 0. The second kappa shape index (κ2) is 12.2. The average molecular weight is 351 g/mol. The molecule has 0 radical (unpaired) electrons. The molecule has 0 atom stereocenters. The van der Waals surface area contributed by atoms with Crippen LogP contribution in [0.1, 0.15) is 39.0 Å². The maximum Gasteiger partial charge on any atom is 0.307 e. The standard InChI is InChI=1S/C19H29NO5/c1-4-5-13-20(14-12-19(22)24-3)18(21)7-6-15-25-17-10-8-16(23-2)9-11-17/h8-11H,4-7,12-15H2,1-3H3. The van der Waals surface area contributed by atoms with E-state index in [2.05, 4.69) is 11.7 Å². The molecule has 0 fully saturated rings. The zero-order valence-corrected chi connectivity index (χ0v) is 15.5. The Morgan fingerprint density at radius 2 is 1.64 bits per heavy atom. The van der Waals surface area contributed by atoms with Crippen LogP contribution in [0, 0.1) is 0 Å². The molecule has 0 aromatic heterocycles. The van der Waals surface area contributed by atoms with Crippen molar-refractivity contribution >= 4 is 11.9 Å². The summed E-state index contributed by atoms with van der Waals surface area (Å²) in [5.74, 6) is 1.29. The van der Waals surface area contributed by atoms with E-state index in [1.165, 1.54) is 7.11 Å². The minimum absolute atomic E-state index is 0.0516. The number of ether oxygens (including phenoxy) is 3. The van der Waals surface area contributed by atoms with Gasteiger partial charge in [0.1, 0.15) is 11.5 Å². The Balaban J connectivity index is 2.35. The molecule has 140 valence electrons. The second-order valence-corrected chi connectivity index (χ2v) is 5.69. The van der Waals surface area contributed by atoms with Gasteiger partial charge in [-0.05, 0) is 37.1 Å². The highest BCUT2D eigenvalue weighted by Crippen LogP contribution is 2.17. The van der Waals surface area contributed by atoms with Gasteiger partial charge in [-0.15, -0.1) is 0 Å². The third kappa shape index (κ3) is 8.42. The Labute approximate surface area is 150 Å². The van der Waals surface area contributed by atoms with Crippen LogP contribution in [-0.2, 0) is 14.3 Å². The van der Waals surface area contributed by atoms with Gasteiger partial charge in [0, 0.05) is 19.5 Å². The third-order valence-electron chi connectivity index (χ3n) is 3.81. The number of carbonyl (C=O) groups is 2. The summed E-state index contributed by atoms with van der Waals surface area (Å²) in [6.45, 7) is 3.62. The number of benzene rings is 1. The molecule has 0 aliphatic heterocycles. The number of unbranched alkanes of at least 4 members (excludes halogenated alkanes) is 1. The lowest BCUT2D eigenvalue weighted by atomic mass is 10.2. The fourth-order valence-corrected chi connectivity index (χ4v) is 2.28. The van der Waals surface area contributed by atoms with Gasteiger partial charge in [-0.3, -0.25) is 9.59 Å². The Bertz CT molecular complexity index is 515. The van der Waals surface area contributed by atoms with E-state index >= 15 is 0 Å². The topological polar surface area (TPSA) is 65.1 Å². The summed E-state index contributed by atoms with van der Waals surface area (Å²) in [6, 6.07) is 7.34. The Morgan fingerprint density at radius 1 is 0.960 bits per heavy atom. The summed E-state index contributed by atoms with van der Waals surface area (Å²) in [6.07, 6.45) is 3.19. The molecule has 0 unspecified atom stereocenters. The smallest absolute Gasteiger partial charge is 0.307 e. The summed E-state index contributed by atoms with van der Waals surface area (Å²) in [4.78, 5) is 25.4. The normalized spacial score (nSPS) is 10.2. The van der Waals surface area contributed by atoms with Crippen LogP contribution in [0.15, 0.2) is 24.3 Å². The first-order valence-electron chi connectivity index (χ1n) is 8.72. The third-order valence-corrected chi connectivity index (χ3v) is 3.81. The summed E-state index contributed by atoms with van der Waals surface area (Å²) in [7, 11) is 2.98. The van der Waals surface area contributed by atoms with E-state index in [9.17, 15) is 9.59 Å². The molecule has 6 nitrogen and oxygen atoms in total. The summed E-state index contributed by atoms with van der Waals surface area (Å²) < 4.78 is 15.4. The highest BCUT2D eigenvalue weighted by Gasteiger charge is 2.14. The van der Waals surface area contributed by atoms with Crippen LogP contribution in [0.3, 0.4) is 0 Å². The minimum atomic E-state index is -0.294. The SMILES string of the molecule is CCCCN(CCC(=O)OC)C(=O)CCCOc1ccc(OC)cc1. The largest absolute Gasteiger partial charge is 0.497 e. The number of amides is 1. The van der Waals surface area contributed by atoms with Crippen molar-refractivity contribution in [2.75, 3.05) is 33.9 Å². The van der Waals surface area contributed by atoms with E-state index in [1.54, 1.807) is 12.0 Å². The van der Waals surface area contributed by atoms with Gasteiger partial charge in [-0.25, -0.2) is 0 Å². The fourth-order valence-electron chi connectivity index (χ4n) is 2.28.